The number of aliphatic hydroxyl groups is 5. The molecule has 5 N–H and O–H groups in total. The van der Waals surface area contributed by atoms with E-state index in [1.165, 1.54) is 12.2 Å². The number of carbonyl (C=O) groups excluding carboxylic acids is 1. The summed E-state index contributed by atoms with van der Waals surface area (Å²) in [6.45, 7) is 9.76. The molecular formula is C27H42O6. The molecule has 4 aliphatic carbocycles. The summed E-state index contributed by atoms with van der Waals surface area (Å²) in [4.78, 5) is 13.2. The highest BCUT2D eigenvalue weighted by Gasteiger charge is 2.71. The van der Waals surface area contributed by atoms with Crippen LogP contribution in [0.1, 0.15) is 86.0 Å². The van der Waals surface area contributed by atoms with Crippen molar-refractivity contribution >= 4 is 5.78 Å². The van der Waals surface area contributed by atoms with Gasteiger partial charge in [0.05, 0.1) is 29.0 Å². The minimum atomic E-state index is -1.44. The van der Waals surface area contributed by atoms with E-state index in [2.05, 4.69) is 13.8 Å². The van der Waals surface area contributed by atoms with E-state index in [0.29, 0.717) is 36.3 Å². The fraction of sp³-hybridized carbons (Fsp3) is 0.815. The molecule has 0 heterocycles. The summed E-state index contributed by atoms with van der Waals surface area (Å²) in [6, 6.07) is 0. The van der Waals surface area contributed by atoms with Gasteiger partial charge in [0.25, 0.3) is 0 Å². The number of aliphatic hydroxyl groups excluding tert-OH is 2. The number of carbonyl (C=O) groups is 1. The molecule has 0 aromatic rings. The van der Waals surface area contributed by atoms with E-state index in [-0.39, 0.29) is 18.1 Å². The van der Waals surface area contributed by atoms with E-state index in [0.717, 1.165) is 25.7 Å². The average molecular weight is 463 g/mol. The summed E-state index contributed by atoms with van der Waals surface area (Å²) in [7, 11) is 0. The molecule has 0 bridgehead atoms. The molecule has 2 fully saturated rings. The van der Waals surface area contributed by atoms with Crippen LogP contribution in [0.4, 0.5) is 0 Å². The van der Waals surface area contributed by atoms with Gasteiger partial charge in [-0.2, -0.15) is 0 Å². The SMILES string of the molecule is CC(CCCC(C)(C)O)C1CCC2(O)C3=CC(=O)C4=CC(O)C(O)CC4(C)C3(O)CCC12C. The van der Waals surface area contributed by atoms with Gasteiger partial charge in [-0.25, -0.2) is 0 Å². The molecule has 0 spiro atoms. The molecule has 0 aromatic heterocycles. The van der Waals surface area contributed by atoms with Crippen LogP contribution in [0.15, 0.2) is 23.3 Å². The Labute approximate surface area is 197 Å². The van der Waals surface area contributed by atoms with Crippen LogP contribution in [0.5, 0.6) is 0 Å². The Bertz CT molecular complexity index is 886. The van der Waals surface area contributed by atoms with Crippen molar-refractivity contribution in [2.75, 3.05) is 0 Å². The van der Waals surface area contributed by atoms with Crippen molar-refractivity contribution in [2.24, 2.45) is 22.7 Å². The van der Waals surface area contributed by atoms with Crippen LogP contribution in [-0.2, 0) is 4.79 Å². The summed E-state index contributed by atoms with van der Waals surface area (Å²) in [5.41, 5.74) is -4.20. The van der Waals surface area contributed by atoms with Crippen LogP contribution in [0.2, 0.25) is 0 Å². The van der Waals surface area contributed by atoms with Gasteiger partial charge in [-0.3, -0.25) is 4.79 Å². The summed E-state index contributed by atoms with van der Waals surface area (Å²) in [5, 5.41) is 54.9. The Morgan fingerprint density at radius 2 is 1.79 bits per heavy atom. The molecule has 4 aliphatic rings. The normalized spacial score (nSPS) is 46.1. The van der Waals surface area contributed by atoms with Crippen molar-refractivity contribution in [3.05, 3.63) is 23.3 Å². The standard InChI is InChI=1S/C27H42O6/c1-16(7-6-9-23(2,3)31)17-8-10-26(32)22-14-19(28)18-13-20(29)21(30)15-25(18,5)27(22,33)12-11-24(17,26)4/h13-14,16-17,20-21,29-33H,6-12,15H2,1-5H3. The summed E-state index contributed by atoms with van der Waals surface area (Å²) < 4.78 is 0. The Balaban J connectivity index is 1.68. The Hall–Kier alpha value is -1.05. The molecule has 0 amide bonds. The fourth-order valence-corrected chi connectivity index (χ4v) is 7.88. The van der Waals surface area contributed by atoms with Gasteiger partial charge in [0.2, 0.25) is 0 Å². The molecule has 6 nitrogen and oxygen atoms in total. The van der Waals surface area contributed by atoms with Crippen molar-refractivity contribution in [3.8, 4) is 0 Å². The zero-order valence-electron chi connectivity index (χ0n) is 20.8. The predicted molar refractivity (Wildman–Crippen MR) is 125 cm³/mol. The first-order valence-corrected chi connectivity index (χ1v) is 12.6. The molecule has 0 radical (unpaired) electrons. The van der Waals surface area contributed by atoms with E-state index in [1.54, 1.807) is 6.92 Å². The number of hydrogen-bond donors (Lipinski definition) is 5. The van der Waals surface area contributed by atoms with Crippen molar-refractivity contribution in [2.45, 2.75) is 115 Å². The number of hydrogen-bond acceptors (Lipinski definition) is 6. The van der Waals surface area contributed by atoms with Gasteiger partial charge in [-0.15, -0.1) is 0 Å². The highest BCUT2D eigenvalue weighted by atomic mass is 16.3. The van der Waals surface area contributed by atoms with Crippen molar-refractivity contribution in [3.63, 3.8) is 0 Å². The zero-order valence-corrected chi connectivity index (χ0v) is 20.8. The fourth-order valence-electron chi connectivity index (χ4n) is 7.88. The van der Waals surface area contributed by atoms with Gasteiger partial charge >= 0.3 is 0 Å². The van der Waals surface area contributed by atoms with E-state index in [4.69, 9.17) is 0 Å². The van der Waals surface area contributed by atoms with Crippen LogP contribution in [0.25, 0.3) is 0 Å². The summed E-state index contributed by atoms with van der Waals surface area (Å²) >= 11 is 0. The number of fused-ring (bicyclic) bond motifs is 5. The topological polar surface area (TPSA) is 118 Å². The van der Waals surface area contributed by atoms with E-state index >= 15 is 0 Å². The third kappa shape index (κ3) is 3.51. The Kier molecular flexibility index (Phi) is 5.86. The molecule has 8 atom stereocenters. The third-order valence-electron chi connectivity index (χ3n) is 10.0. The smallest absolute Gasteiger partial charge is 0.182 e. The number of rotatable bonds is 5. The van der Waals surface area contributed by atoms with Crippen LogP contribution >= 0.6 is 0 Å². The maximum absolute atomic E-state index is 13.2. The number of ketones is 1. The molecule has 186 valence electrons. The quantitative estimate of drug-likeness (QED) is 0.429. The molecule has 0 saturated heterocycles. The van der Waals surface area contributed by atoms with Crippen molar-refractivity contribution in [1.82, 2.24) is 0 Å². The maximum Gasteiger partial charge on any atom is 0.182 e. The van der Waals surface area contributed by atoms with Crippen molar-refractivity contribution < 1.29 is 30.3 Å². The lowest BCUT2D eigenvalue weighted by Gasteiger charge is -2.62. The number of allylic oxidation sites excluding steroid dienone is 1. The van der Waals surface area contributed by atoms with Crippen LogP contribution < -0.4 is 0 Å². The van der Waals surface area contributed by atoms with Gasteiger partial charge in [0.1, 0.15) is 0 Å². The Morgan fingerprint density at radius 1 is 1.12 bits per heavy atom. The predicted octanol–water partition coefficient (Wildman–Crippen LogP) is 2.80. The highest BCUT2D eigenvalue weighted by Crippen LogP contribution is 2.69. The van der Waals surface area contributed by atoms with E-state index < -0.39 is 39.8 Å². The first-order chi connectivity index (χ1) is 15.1. The van der Waals surface area contributed by atoms with Gasteiger partial charge in [-0.1, -0.05) is 33.6 Å². The van der Waals surface area contributed by atoms with Crippen LogP contribution in [0.3, 0.4) is 0 Å². The molecule has 33 heavy (non-hydrogen) atoms. The lowest BCUT2D eigenvalue weighted by molar-refractivity contribution is -0.166. The van der Waals surface area contributed by atoms with Gasteiger partial charge in [0.15, 0.2) is 5.78 Å². The van der Waals surface area contributed by atoms with Crippen LogP contribution in [-0.4, -0.2) is 60.3 Å². The molecule has 4 rings (SSSR count). The summed E-state index contributed by atoms with van der Waals surface area (Å²) in [5.74, 6) is 0.297. The molecule has 0 aromatic carbocycles. The lowest BCUT2D eigenvalue weighted by Crippen LogP contribution is -2.67. The molecule has 2 saturated carbocycles. The molecular weight excluding hydrogens is 420 g/mol. The van der Waals surface area contributed by atoms with Gasteiger partial charge in [-0.05, 0) is 81.9 Å². The maximum atomic E-state index is 13.2. The van der Waals surface area contributed by atoms with E-state index in [9.17, 15) is 30.3 Å². The molecule has 8 unspecified atom stereocenters. The first-order valence-electron chi connectivity index (χ1n) is 12.6. The minimum Gasteiger partial charge on any atom is -0.390 e. The lowest BCUT2D eigenvalue weighted by atomic mass is 9.45. The Morgan fingerprint density at radius 3 is 2.42 bits per heavy atom. The minimum absolute atomic E-state index is 0.0726. The largest absolute Gasteiger partial charge is 0.390 e. The van der Waals surface area contributed by atoms with E-state index in [1.807, 2.05) is 13.8 Å². The second-order valence-electron chi connectivity index (χ2n) is 12.6. The van der Waals surface area contributed by atoms with Crippen molar-refractivity contribution in [1.29, 1.82) is 0 Å². The highest BCUT2D eigenvalue weighted by molar-refractivity contribution is 6.08. The zero-order chi connectivity index (χ0) is 24.6. The summed E-state index contributed by atoms with van der Waals surface area (Å²) in [6.07, 6.45) is 5.61. The van der Waals surface area contributed by atoms with Gasteiger partial charge < -0.3 is 25.5 Å². The van der Waals surface area contributed by atoms with Crippen LogP contribution in [0, 0.1) is 22.7 Å². The van der Waals surface area contributed by atoms with Gasteiger partial charge in [0, 0.05) is 16.4 Å². The monoisotopic (exact) mass is 462 g/mol. The molecule has 0 aliphatic heterocycles. The average Bonchev–Trinajstić information content (AvgIpc) is 2.97. The molecule has 6 heteroatoms. The third-order valence-corrected chi connectivity index (χ3v) is 10.0. The first kappa shape index (κ1) is 25.1. The second kappa shape index (κ2) is 7.72. The second-order valence-corrected chi connectivity index (χ2v) is 12.6.